The lowest BCUT2D eigenvalue weighted by atomic mass is 9.91. The van der Waals surface area contributed by atoms with Crippen molar-refractivity contribution >= 4 is 44.6 Å². The van der Waals surface area contributed by atoms with E-state index in [1.165, 1.54) is 34.8 Å². The quantitative estimate of drug-likeness (QED) is 0.298. The summed E-state index contributed by atoms with van der Waals surface area (Å²) >= 11 is 6.43. The number of rotatable bonds is 10. The van der Waals surface area contributed by atoms with E-state index in [2.05, 4.69) is 56.6 Å². The molecule has 1 saturated carbocycles. The molecule has 3 aromatic rings. The fourth-order valence-electron chi connectivity index (χ4n) is 5.10. The molecular formula is C28H38ClN7O3S. The van der Waals surface area contributed by atoms with Crippen molar-refractivity contribution < 1.29 is 13.2 Å². The molecular weight excluding hydrogens is 550 g/mol. The van der Waals surface area contributed by atoms with Gasteiger partial charge in [0, 0.05) is 19.3 Å². The zero-order chi connectivity index (χ0) is 28.6. The van der Waals surface area contributed by atoms with Crippen LogP contribution in [0.5, 0.6) is 5.75 Å². The molecule has 2 aromatic heterocycles. The molecule has 2 fully saturated rings. The molecule has 2 N–H and O–H groups in total. The molecule has 3 heterocycles. The minimum Gasteiger partial charge on any atom is -0.488 e. The van der Waals surface area contributed by atoms with Crippen LogP contribution in [0, 0.1) is 6.92 Å². The molecule has 0 radical (unpaired) electrons. The van der Waals surface area contributed by atoms with Crippen molar-refractivity contribution in [3.05, 3.63) is 40.7 Å². The van der Waals surface area contributed by atoms with Crippen LogP contribution in [0.15, 0.2) is 29.6 Å². The molecule has 1 aliphatic heterocycles. The van der Waals surface area contributed by atoms with Crippen LogP contribution in [0.25, 0.3) is 0 Å². The summed E-state index contributed by atoms with van der Waals surface area (Å²) in [6.45, 7) is 9.74. The van der Waals surface area contributed by atoms with Crippen molar-refractivity contribution in [2.75, 3.05) is 23.7 Å². The second kappa shape index (κ2) is 11.5. The number of aromatic nitrogens is 4. The van der Waals surface area contributed by atoms with Gasteiger partial charge in [-0.15, -0.1) is 0 Å². The van der Waals surface area contributed by atoms with Gasteiger partial charge in [0.25, 0.3) is 0 Å². The first-order valence-corrected chi connectivity index (χ1v) is 15.9. The number of nitrogens with zero attached hydrogens (tertiary/aromatic N) is 5. The van der Waals surface area contributed by atoms with Gasteiger partial charge in [-0.1, -0.05) is 24.9 Å². The van der Waals surface area contributed by atoms with Crippen molar-refractivity contribution in [2.45, 2.75) is 82.2 Å². The van der Waals surface area contributed by atoms with E-state index in [1.54, 1.807) is 27.1 Å². The Morgan fingerprint density at radius 3 is 2.62 bits per heavy atom. The summed E-state index contributed by atoms with van der Waals surface area (Å²) in [5, 5.41) is 10.1. The molecule has 1 unspecified atom stereocenters. The predicted octanol–water partition coefficient (Wildman–Crippen LogP) is 5.93. The summed E-state index contributed by atoms with van der Waals surface area (Å²) in [5.41, 5.74) is 3.57. The Labute approximate surface area is 241 Å². The largest absolute Gasteiger partial charge is 0.488 e. The lowest BCUT2D eigenvalue weighted by Crippen LogP contribution is -2.33. The van der Waals surface area contributed by atoms with E-state index in [0.29, 0.717) is 17.7 Å². The van der Waals surface area contributed by atoms with Crippen molar-refractivity contribution in [1.29, 1.82) is 0 Å². The van der Waals surface area contributed by atoms with Crippen LogP contribution in [0.4, 0.5) is 23.1 Å². The van der Waals surface area contributed by atoms with Crippen LogP contribution in [0.3, 0.4) is 0 Å². The van der Waals surface area contributed by atoms with E-state index in [9.17, 15) is 8.42 Å². The summed E-state index contributed by atoms with van der Waals surface area (Å²) < 4.78 is 33.6. The number of ether oxygens (including phenoxy) is 1. The smallest absolute Gasteiger partial charge is 0.229 e. The number of anilines is 4. The zero-order valence-corrected chi connectivity index (χ0v) is 25.3. The molecule has 5 rings (SSSR count). The lowest BCUT2D eigenvalue weighted by Gasteiger charge is -2.36. The number of sulfone groups is 1. The first-order valence-electron chi connectivity index (χ1n) is 14.0. The molecule has 1 saturated heterocycles. The van der Waals surface area contributed by atoms with Crippen LogP contribution in [0.1, 0.15) is 70.0 Å². The second-order valence-electron chi connectivity index (χ2n) is 10.9. The molecule has 0 amide bonds. The third-order valence-corrected chi connectivity index (χ3v) is 9.85. The highest BCUT2D eigenvalue weighted by atomic mass is 35.5. The number of hydrogen-bond acceptors (Lipinski definition) is 9. The van der Waals surface area contributed by atoms with Gasteiger partial charge < -0.3 is 15.4 Å². The number of halogens is 1. The summed E-state index contributed by atoms with van der Waals surface area (Å²) in [7, 11) is -1.96. The zero-order valence-electron chi connectivity index (χ0n) is 23.7. The van der Waals surface area contributed by atoms with E-state index >= 15 is 0 Å². The Kier molecular flexibility index (Phi) is 8.26. The van der Waals surface area contributed by atoms with Gasteiger partial charge in [0.2, 0.25) is 20.8 Å². The number of benzene rings is 1. The van der Waals surface area contributed by atoms with E-state index in [4.69, 9.17) is 16.3 Å². The van der Waals surface area contributed by atoms with Crippen LogP contribution in [-0.2, 0) is 16.9 Å². The van der Waals surface area contributed by atoms with Crippen molar-refractivity contribution in [3.8, 4) is 5.75 Å². The molecule has 1 aliphatic carbocycles. The van der Waals surface area contributed by atoms with E-state index in [0.717, 1.165) is 43.8 Å². The van der Waals surface area contributed by atoms with Gasteiger partial charge in [-0.2, -0.15) is 10.1 Å². The standard InChI is InChI=1S/C28H38ClN7O3S/c1-6-36-12-8-7-9-24(36)20-14-25(39-19-10-11-19)22(13-18(20)4)32-28-30-15-21(29)26(33-28)31-23-16-35(5)34-27(23)40(37,38)17(2)3/h13-17,19,24H,6-12H2,1-5H3,(H2,30,31,32,33). The fourth-order valence-corrected chi connectivity index (χ4v) is 6.33. The maximum Gasteiger partial charge on any atom is 0.229 e. The van der Waals surface area contributed by atoms with Gasteiger partial charge >= 0.3 is 0 Å². The van der Waals surface area contributed by atoms with Gasteiger partial charge in [-0.05, 0) is 82.8 Å². The van der Waals surface area contributed by atoms with Crippen LogP contribution in [-0.4, -0.2) is 57.5 Å². The van der Waals surface area contributed by atoms with Crippen LogP contribution < -0.4 is 15.4 Å². The number of aryl methyl sites for hydroxylation is 2. The normalized spacial score (nSPS) is 18.2. The topological polar surface area (TPSA) is 114 Å². The van der Waals surface area contributed by atoms with Crippen LogP contribution >= 0.6 is 11.6 Å². The van der Waals surface area contributed by atoms with Crippen LogP contribution in [0.2, 0.25) is 5.02 Å². The third-order valence-electron chi connectivity index (χ3n) is 7.49. The van der Waals surface area contributed by atoms with Crippen molar-refractivity contribution in [3.63, 3.8) is 0 Å². The number of hydrogen-bond donors (Lipinski definition) is 2. The summed E-state index contributed by atoms with van der Waals surface area (Å²) in [4.78, 5) is 11.5. The van der Waals surface area contributed by atoms with Gasteiger partial charge in [0.15, 0.2) is 5.82 Å². The van der Waals surface area contributed by atoms with E-state index in [1.807, 2.05) is 0 Å². The Morgan fingerprint density at radius 2 is 1.93 bits per heavy atom. The number of piperidine rings is 1. The maximum atomic E-state index is 12.9. The SMILES string of the molecule is CCN1CCCCC1c1cc(OC2CC2)c(Nc2ncc(Cl)c(Nc3cn(C)nc3S(=O)(=O)C(C)C)n2)cc1C. The molecule has 2 aliphatic rings. The molecule has 0 bridgehead atoms. The molecule has 1 atom stereocenters. The Hall–Kier alpha value is -2.89. The maximum absolute atomic E-state index is 12.9. The number of nitrogens with one attached hydrogen (secondary N) is 2. The van der Waals surface area contributed by atoms with Gasteiger partial charge in [-0.25, -0.2) is 13.4 Å². The highest BCUT2D eigenvalue weighted by molar-refractivity contribution is 7.92. The Bertz CT molecular complexity index is 1490. The van der Waals surface area contributed by atoms with E-state index < -0.39 is 15.1 Å². The first-order chi connectivity index (χ1) is 19.1. The van der Waals surface area contributed by atoms with Gasteiger partial charge in [0.05, 0.1) is 28.9 Å². The fraction of sp³-hybridized carbons (Fsp3) is 0.536. The van der Waals surface area contributed by atoms with Crippen molar-refractivity contribution in [1.82, 2.24) is 24.6 Å². The average molecular weight is 588 g/mol. The number of likely N-dealkylation sites (tertiary alicyclic amines) is 1. The molecule has 10 nitrogen and oxygen atoms in total. The summed E-state index contributed by atoms with van der Waals surface area (Å²) in [6, 6.07) is 4.67. The monoisotopic (exact) mass is 587 g/mol. The minimum absolute atomic E-state index is 0.0515. The van der Waals surface area contributed by atoms with Gasteiger partial charge in [-0.3, -0.25) is 9.58 Å². The first kappa shape index (κ1) is 28.6. The Balaban J connectivity index is 1.45. The molecule has 0 spiro atoms. The third kappa shape index (κ3) is 6.06. The average Bonchev–Trinajstić information content (AvgIpc) is 3.66. The molecule has 1 aromatic carbocycles. The molecule has 216 valence electrons. The molecule has 12 heteroatoms. The van der Waals surface area contributed by atoms with Gasteiger partial charge in [0.1, 0.15) is 10.8 Å². The highest BCUT2D eigenvalue weighted by Crippen LogP contribution is 2.41. The lowest BCUT2D eigenvalue weighted by molar-refractivity contribution is 0.156. The molecule has 40 heavy (non-hydrogen) atoms. The minimum atomic E-state index is -3.63. The van der Waals surface area contributed by atoms with Crippen molar-refractivity contribution in [2.24, 2.45) is 7.05 Å². The Morgan fingerprint density at radius 1 is 1.15 bits per heavy atom. The summed E-state index contributed by atoms with van der Waals surface area (Å²) in [5.74, 6) is 1.37. The summed E-state index contributed by atoms with van der Waals surface area (Å²) in [6.07, 6.45) is 9.00. The van der Waals surface area contributed by atoms with E-state index in [-0.39, 0.29) is 22.0 Å². The second-order valence-corrected chi connectivity index (χ2v) is 13.7. The predicted molar refractivity (Wildman–Crippen MR) is 158 cm³/mol. The highest BCUT2D eigenvalue weighted by Gasteiger charge is 2.29.